The zero-order valence-electron chi connectivity index (χ0n) is 13.8. The first-order valence-corrected chi connectivity index (χ1v) is 7.48. The molecule has 0 atom stereocenters. The lowest BCUT2D eigenvalue weighted by Crippen LogP contribution is -2.08. The Morgan fingerprint density at radius 1 is 0.913 bits per heavy atom. The van der Waals surface area contributed by atoms with Crippen LogP contribution < -0.4 is 9.47 Å². The monoisotopic (exact) mass is 312 g/mol. The molecule has 120 valence electrons. The maximum atomic E-state index is 11.4. The van der Waals surface area contributed by atoms with Crippen molar-refractivity contribution in [3.63, 3.8) is 0 Å². The number of para-hydroxylation sites is 1. The molecule has 0 aliphatic rings. The zero-order valence-corrected chi connectivity index (χ0v) is 13.8. The van der Waals surface area contributed by atoms with Crippen molar-refractivity contribution in [3.05, 3.63) is 48.0 Å². The van der Waals surface area contributed by atoms with Crippen molar-refractivity contribution in [2.24, 2.45) is 0 Å². The Kier molecular flexibility index (Phi) is 5.16. The molecule has 0 aromatic heterocycles. The van der Waals surface area contributed by atoms with Gasteiger partial charge in [-0.05, 0) is 23.1 Å². The van der Waals surface area contributed by atoms with Gasteiger partial charge in [0.25, 0.3) is 0 Å². The average Bonchev–Trinajstić information content (AvgIpc) is 2.48. The second-order valence-electron chi connectivity index (χ2n) is 5.60. The summed E-state index contributed by atoms with van der Waals surface area (Å²) in [5, 5.41) is 0. The minimum atomic E-state index is -0.467. The first-order valence-electron chi connectivity index (χ1n) is 7.48. The van der Waals surface area contributed by atoms with Gasteiger partial charge >= 0.3 is 11.9 Å². The van der Waals surface area contributed by atoms with Gasteiger partial charge in [-0.25, -0.2) is 0 Å². The summed E-state index contributed by atoms with van der Waals surface area (Å²) in [5.74, 6) is -0.0580. The van der Waals surface area contributed by atoms with Gasteiger partial charge in [-0.2, -0.15) is 0 Å². The molecule has 0 fully saturated rings. The first kappa shape index (κ1) is 16.7. The summed E-state index contributed by atoms with van der Waals surface area (Å²) in [4.78, 5) is 22.7. The van der Waals surface area contributed by atoms with Crippen LogP contribution in [0.3, 0.4) is 0 Å². The smallest absolute Gasteiger partial charge is 0.308 e. The Hall–Kier alpha value is -2.62. The Morgan fingerprint density at radius 2 is 1.57 bits per heavy atom. The zero-order chi connectivity index (χ0) is 17.0. The molecule has 0 radical (unpaired) electrons. The standard InChI is InChI=1S/C19H20O4/c1-12(2)15-7-5-8-16(11-15)17-9-6-10-18(22-13(3)20)19(17)23-14(4)21/h5-12H,1-4H3. The molecule has 2 aromatic rings. The van der Waals surface area contributed by atoms with Gasteiger partial charge in [0.05, 0.1) is 0 Å². The third-order valence-corrected chi connectivity index (χ3v) is 3.34. The van der Waals surface area contributed by atoms with E-state index in [4.69, 9.17) is 9.47 Å². The number of hydrogen-bond donors (Lipinski definition) is 0. The number of rotatable bonds is 4. The minimum Gasteiger partial charge on any atom is -0.423 e. The van der Waals surface area contributed by atoms with E-state index >= 15 is 0 Å². The lowest BCUT2D eigenvalue weighted by molar-refractivity contribution is -0.134. The van der Waals surface area contributed by atoms with E-state index in [-0.39, 0.29) is 11.5 Å². The van der Waals surface area contributed by atoms with Gasteiger partial charge < -0.3 is 9.47 Å². The fraction of sp³-hybridized carbons (Fsp3) is 0.263. The van der Waals surface area contributed by atoms with E-state index in [9.17, 15) is 9.59 Å². The van der Waals surface area contributed by atoms with Crippen LogP contribution in [0.4, 0.5) is 0 Å². The molecule has 4 nitrogen and oxygen atoms in total. The summed E-state index contributed by atoms with van der Waals surface area (Å²) >= 11 is 0. The van der Waals surface area contributed by atoms with Gasteiger partial charge in [-0.3, -0.25) is 9.59 Å². The van der Waals surface area contributed by atoms with Crippen LogP contribution in [0.5, 0.6) is 11.5 Å². The van der Waals surface area contributed by atoms with Crippen LogP contribution >= 0.6 is 0 Å². The summed E-state index contributed by atoms with van der Waals surface area (Å²) in [7, 11) is 0. The second kappa shape index (κ2) is 7.09. The number of hydrogen-bond acceptors (Lipinski definition) is 4. The summed E-state index contributed by atoms with van der Waals surface area (Å²) in [6.07, 6.45) is 0. The third kappa shape index (κ3) is 4.19. The van der Waals surface area contributed by atoms with Crippen LogP contribution in [0.25, 0.3) is 11.1 Å². The topological polar surface area (TPSA) is 52.6 Å². The van der Waals surface area contributed by atoms with Crippen molar-refractivity contribution in [2.75, 3.05) is 0 Å². The molecule has 0 aliphatic carbocycles. The molecular formula is C19H20O4. The SMILES string of the molecule is CC(=O)Oc1cccc(-c2cccc(C(C)C)c2)c1OC(C)=O. The van der Waals surface area contributed by atoms with Crippen molar-refractivity contribution >= 4 is 11.9 Å². The highest BCUT2D eigenvalue weighted by Crippen LogP contribution is 2.39. The Bertz CT molecular complexity index is 732. The largest absolute Gasteiger partial charge is 0.423 e. The summed E-state index contributed by atoms with van der Waals surface area (Å²) in [6, 6.07) is 13.2. The Morgan fingerprint density at radius 3 is 2.17 bits per heavy atom. The molecule has 0 aliphatic heterocycles. The van der Waals surface area contributed by atoms with Crippen LogP contribution in [0.2, 0.25) is 0 Å². The van der Waals surface area contributed by atoms with Crippen molar-refractivity contribution in [1.29, 1.82) is 0 Å². The lowest BCUT2D eigenvalue weighted by atomic mass is 9.97. The number of carbonyl (C=O) groups is 2. The molecule has 0 spiro atoms. The molecule has 0 saturated heterocycles. The van der Waals surface area contributed by atoms with Crippen molar-refractivity contribution < 1.29 is 19.1 Å². The van der Waals surface area contributed by atoms with E-state index in [0.29, 0.717) is 11.5 Å². The number of ether oxygens (including phenoxy) is 2. The highest BCUT2D eigenvalue weighted by Gasteiger charge is 2.16. The maximum Gasteiger partial charge on any atom is 0.308 e. The van der Waals surface area contributed by atoms with Gasteiger partial charge in [0, 0.05) is 19.4 Å². The molecule has 0 unspecified atom stereocenters. The Labute approximate surface area is 136 Å². The molecule has 2 aromatic carbocycles. The summed E-state index contributed by atoms with van der Waals surface area (Å²) < 4.78 is 10.5. The predicted molar refractivity (Wildman–Crippen MR) is 88.6 cm³/mol. The highest BCUT2D eigenvalue weighted by atomic mass is 16.6. The number of carbonyl (C=O) groups excluding carboxylic acids is 2. The van der Waals surface area contributed by atoms with E-state index < -0.39 is 11.9 Å². The van der Waals surface area contributed by atoms with Crippen LogP contribution in [-0.2, 0) is 9.59 Å². The molecule has 0 N–H and O–H groups in total. The van der Waals surface area contributed by atoms with Crippen LogP contribution in [-0.4, -0.2) is 11.9 Å². The molecular weight excluding hydrogens is 292 g/mol. The van der Waals surface area contributed by atoms with Gasteiger partial charge in [-0.1, -0.05) is 50.2 Å². The number of benzene rings is 2. The normalized spacial score (nSPS) is 10.5. The van der Waals surface area contributed by atoms with E-state index in [1.807, 2.05) is 24.3 Å². The van der Waals surface area contributed by atoms with Gasteiger partial charge in [-0.15, -0.1) is 0 Å². The Balaban J connectivity index is 2.58. The fourth-order valence-electron chi connectivity index (χ4n) is 2.29. The first-order chi connectivity index (χ1) is 10.9. The maximum absolute atomic E-state index is 11.4. The predicted octanol–water partition coefficient (Wildman–Crippen LogP) is 4.33. The van der Waals surface area contributed by atoms with Gasteiger partial charge in [0.2, 0.25) is 0 Å². The lowest BCUT2D eigenvalue weighted by Gasteiger charge is -2.14. The molecule has 0 saturated carbocycles. The van der Waals surface area contributed by atoms with E-state index in [2.05, 4.69) is 19.9 Å². The van der Waals surface area contributed by atoms with Crippen molar-refractivity contribution in [1.82, 2.24) is 0 Å². The quantitative estimate of drug-likeness (QED) is 0.623. The summed E-state index contributed by atoms with van der Waals surface area (Å²) in [6.45, 7) is 6.85. The van der Waals surface area contributed by atoms with Crippen molar-refractivity contribution in [3.8, 4) is 22.6 Å². The summed E-state index contributed by atoms with van der Waals surface area (Å²) in [5.41, 5.74) is 2.79. The highest BCUT2D eigenvalue weighted by molar-refractivity contribution is 5.81. The minimum absolute atomic E-state index is 0.236. The average molecular weight is 312 g/mol. The third-order valence-electron chi connectivity index (χ3n) is 3.34. The van der Waals surface area contributed by atoms with E-state index in [1.165, 1.54) is 19.4 Å². The van der Waals surface area contributed by atoms with Gasteiger partial charge in [0.1, 0.15) is 0 Å². The second-order valence-corrected chi connectivity index (χ2v) is 5.60. The van der Waals surface area contributed by atoms with Crippen molar-refractivity contribution in [2.45, 2.75) is 33.6 Å². The molecule has 0 amide bonds. The van der Waals surface area contributed by atoms with Crippen LogP contribution in [0, 0.1) is 0 Å². The molecule has 0 bridgehead atoms. The molecule has 4 heteroatoms. The van der Waals surface area contributed by atoms with E-state index in [1.54, 1.807) is 12.1 Å². The fourth-order valence-corrected chi connectivity index (χ4v) is 2.29. The molecule has 2 rings (SSSR count). The molecule has 0 heterocycles. The van der Waals surface area contributed by atoms with E-state index in [0.717, 1.165) is 5.56 Å². The number of esters is 2. The molecule has 23 heavy (non-hydrogen) atoms. The van der Waals surface area contributed by atoms with Crippen LogP contribution in [0.1, 0.15) is 39.2 Å². The van der Waals surface area contributed by atoms with Crippen LogP contribution in [0.15, 0.2) is 42.5 Å². The van der Waals surface area contributed by atoms with Gasteiger partial charge in [0.15, 0.2) is 11.5 Å².